The lowest BCUT2D eigenvalue weighted by Gasteiger charge is -2.00. The van der Waals surface area contributed by atoms with Gasteiger partial charge in [-0.2, -0.15) is 0 Å². The number of nitrogens with zero attached hydrogens (tertiary/aromatic N) is 3. The van der Waals surface area contributed by atoms with Gasteiger partial charge in [-0.15, -0.1) is 10.2 Å². The van der Waals surface area contributed by atoms with Gasteiger partial charge in [0.05, 0.1) is 0 Å². The monoisotopic (exact) mass is 213 g/mol. The van der Waals surface area contributed by atoms with Gasteiger partial charge in [-0.25, -0.2) is 0 Å². The van der Waals surface area contributed by atoms with E-state index in [-0.39, 0.29) is 0 Å². The van der Waals surface area contributed by atoms with Crippen molar-refractivity contribution in [2.24, 2.45) is 0 Å². The zero-order chi connectivity index (χ0) is 9.42. The summed E-state index contributed by atoms with van der Waals surface area (Å²) in [6, 6.07) is 1.83. The van der Waals surface area contributed by atoms with Crippen LogP contribution in [0.1, 0.15) is 5.69 Å². The molecular weight excluding hydrogens is 209 g/mol. The van der Waals surface area contributed by atoms with Crippen molar-refractivity contribution in [1.82, 2.24) is 15.2 Å². The van der Waals surface area contributed by atoms with Crippen molar-refractivity contribution in [2.45, 2.75) is 6.92 Å². The Kier molecular flexibility index (Phi) is 2.06. The molecule has 0 radical (unpaired) electrons. The first-order chi connectivity index (χ1) is 6.18. The molecule has 13 heavy (non-hydrogen) atoms. The topological polar surface area (TPSA) is 38.7 Å². The molecule has 0 saturated carbocycles. The summed E-state index contributed by atoms with van der Waals surface area (Å²) in [7, 11) is 0. The normalized spacial score (nSPS) is 10.7. The Morgan fingerprint density at radius 3 is 2.38 bits per heavy atom. The number of aryl methyl sites for hydroxylation is 1. The largest absolute Gasteiger partial charge is 0.261 e. The lowest BCUT2D eigenvalue weighted by molar-refractivity contribution is 1.05. The molecule has 0 aliphatic carbocycles. The fourth-order valence-corrected chi connectivity index (χ4v) is 1.47. The predicted molar refractivity (Wildman–Crippen MR) is 52.1 cm³/mol. The summed E-state index contributed by atoms with van der Waals surface area (Å²) in [5, 5.41) is 9.58. The highest BCUT2D eigenvalue weighted by Gasteiger charge is 2.06. The summed E-state index contributed by atoms with van der Waals surface area (Å²) in [4.78, 5) is 4.10. The Labute approximate surface area is 84.7 Å². The quantitative estimate of drug-likeness (QED) is 0.676. The number of halogens is 2. The van der Waals surface area contributed by atoms with Crippen LogP contribution in [-0.2, 0) is 0 Å². The maximum absolute atomic E-state index is 5.84. The van der Waals surface area contributed by atoms with Gasteiger partial charge in [-0.3, -0.25) is 4.98 Å². The predicted octanol–water partition coefficient (Wildman–Crippen LogP) is 2.64. The van der Waals surface area contributed by atoms with Gasteiger partial charge >= 0.3 is 0 Å². The molecule has 66 valence electrons. The van der Waals surface area contributed by atoms with Crippen LogP contribution in [0.2, 0.25) is 10.3 Å². The number of hydrogen-bond donors (Lipinski definition) is 0. The van der Waals surface area contributed by atoms with E-state index in [1.54, 1.807) is 6.20 Å². The maximum atomic E-state index is 5.84. The van der Waals surface area contributed by atoms with Crippen molar-refractivity contribution >= 4 is 34.0 Å². The number of aromatic nitrogens is 3. The molecule has 0 aliphatic rings. The van der Waals surface area contributed by atoms with Crippen LogP contribution in [0.15, 0.2) is 12.3 Å². The summed E-state index contributed by atoms with van der Waals surface area (Å²) in [5.41, 5.74) is 0.874. The molecule has 2 heterocycles. The molecule has 0 N–H and O–H groups in total. The van der Waals surface area contributed by atoms with Crippen LogP contribution in [0.5, 0.6) is 0 Å². The minimum Gasteiger partial charge on any atom is -0.261 e. The van der Waals surface area contributed by atoms with Gasteiger partial charge in [0.15, 0.2) is 10.3 Å². The second kappa shape index (κ2) is 3.09. The molecule has 0 bridgehead atoms. The lowest BCUT2D eigenvalue weighted by Crippen LogP contribution is -1.89. The Hall–Kier alpha value is -0.930. The van der Waals surface area contributed by atoms with Crippen LogP contribution < -0.4 is 0 Å². The Morgan fingerprint density at radius 1 is 1.08 bits per heavy atom. The fourth-order valence-electron chi connectivity index (χ4n) is 1.09. The zero-order valence-corrected chi connectivity index (χ0v) is 8.26. The van der Waals surface area contributed by atoms with Gasteiger partial charge < -0.3 is 0 Å². The Balaban J connectivity index is 2.92. The van der Waals surface area contributed by atoms with Crippen LogP contribution in [-0.4, -0.2) is 15.2 Å². The standard InChI is InChI=1S/C8H5Cl2N3/c1-4-2-5-6(3-11-4)8(10)13-12-7(5)9/h2-3H,1H3. The van der Waals surface area contributed by atoms with E-state index in [4.69, 9.17) is 23.2 Å². The van der Waals surface area contributed by atoms with E-state index in [9.17, 15) is 0 Å². The van der Waals surface area contributed by atoms with E-state index in [1.807, 2.05) is 13.0 Å². The molecule has 0 aliphatic heterocycles. The van der Waals surface area contributed by atoms with Crippen LogP contribution in [0.4, 0.5) is 0 Å². The molecule has 0 atom stereocenters. The third kappa shape index (κ3) is 1.45. The number of hydrogen-bond acceptors (Lipinski definition) is 3. The highest BCUT2D eigenvalue weighted by atomic mass is 35.5. The third-order valence-electron chi connectivity index (χ3n) is 1.71. The molecular formula is C8H5Cl2N3. The molecule has 0 fully saturated rings. The van der Waals surface area contributed by atoms with Gasteiger partial charge in [0.25, 0.3) is 0 Å². The highest BCUT2D eigenvalue weighted by molar-refractivity contribution is 6.38. The minimum atomic E-state index is 0.326. The Bertz CT molecular complexity index is 470. The van der Waals surface area contributed by atoms with Crippen LogP contribution in [0.3, 0.4) is 0 Å². The van der Waals surface area contributed by atoms with Crippen LogP contribution in [0, 0.1) is 6.92 Å². The molecule has 0 aromatic carbocycles. The van der Waals surface area contributed by atoms with Crippen LogP contribution in [0.25, 0.3) is 10.8 Å². The van der Waals surface area contributed by atoms with Gasteiger partial charge in [0, 0.05) is 22.7 Å². The maximum Gasteiger partial charge on any atom is 0.161 e. The Morgan fingerprint density at radius 2 is 1.69 bits per heavy atom. The van der Waals surface area contributed by atoms with Crippen molar-refractivity contribution in [3.05, 3.63) is 28.3 Å². The second-order valence-corrected chi connectivity index (χ2v) is 3.37. The summed E-state index contributed by atoms with van der Waals surface area (Å²) in [6.45, 7) is 1.88. The average molecular weight is 214 g/mol. The van der Waals surface area contributed by atoms with Crippen molar-refractivity contribution < 1.29 is 0 Å². The van der Waals surface area contributed by atoms with Crippen molar-refractivity contribution in [1.29, 1.82) is 0 Å². The smallest absolute Gasteiger partial charge is 0.161 e. The molecule has 0 saturated heterocycles. The SMILES string of the molecule is Cc1cc2c(Cl)nnc(Cl)c2cn1. The number of rotatable bonds is 0. The second-order valence-electron chi connectivity index (χ2n) is 2.65. The first-order valence-corrected chi connectivity index (χ1v) is 4.38. The van der Waals surface area contributed by atoms with E-state index in [1.165, 1.54) is 0 Å². The van der Waals surface area contributed by atoms with Crippen molar-refractivity contribution in [2.75, 3.05) is 0 Å². The van der Waals surface area contributed by atoms with Crippen LogP contribution >= 0.6 is 23.2 Å². The highest BCUT2D eigenvalue weighted by Crippen LogP contribution is 2.25. The molecule has 2 aromatic heterocycles. The molecule has 5 heteroatoms. The molecule has 0 amide bonds. The van der Waals surface area contributed by atoms with E-state index < -0.39 is 0 Å². The number of pyridine rings is 1. The van der Waals surface area contributed by atoms with Gasteiger partial charge in [0.1, 0.15) is 0 Å². The summed E-state index contributed by atoms with van der Waals surface area (Å²) >= 11 is 11.7. The number of fused-ring (bicyclic) bond motifs is 1. The minimum absolute atomic E-state index is 0.326. The first-order valence-electron chi connectivity index (χ1n) is 3.62. The average Bonchev–Trinajstić information content (AvgIpc) is 2.12. The fraction of sp³-hybridized carbons (Fsp3) is 0.125. The van der Waals surface area contributed by atoms with E-state index in [0.29, 0.717) is 10.3 Å². The molecule has 0 spiro atoms. The summed E-state index contributed by atoms with van der Waals surface area (Å²) < 4.78 is 0. The molecule has 0 unspecified atom stereocenters. The molecule has 2 aromatic rings. The van der Waals surface area contributed by atoms with Gasteiger partial charge in [-0.05, 0) is 13.0 Å². The first kappa shape index (κ1) is 8.66. The van der Waals surface area contributed by atoms with E-state index in [2.05, 4.69) is 15.2 Å². The molecule has 2 rings (SSSR count). The summed E-state index contributed by atoms with van der Waals surface area (Å²) in [5.74, 6) is 0. The lowest BCUT2D eigenvalue weighted by atomic mass is 10.2. The zero-order valence-electron chi connectivity index (χ0n) is 6.75. The summed E-state index contributed by atoms with van der Waals surface area (Å²) in [6.07, 6.45) is 1.65. The molecule has 3 nitrogen and oxygen atoms in total. The van der Waals surface area contributed by atoms with Crippen molar-refractivity contribution in [3.8, 4) is 0 Å². The van der Waals surface area contributed by atoms with Crippen molar-refractivity contribution in [3.63, 3.8) is 0 Å². The third-order valence-corrected chi connectivity index (χ3v) is 2.27. The van der Waals surface area contributed by atoms with Gasteiger partial charge in [0.2, 0.25) is 0 Å². The van der Waals surface area contributed by atoms with E-state index >= 15 is 0 Å². The van der Waals surface area contributed by atoms with Gasteiger partial charge in [-0.1, -0.05) is 23.2 Å². The van der Waals surface area contributed by atoms with E-state index in [0.717, 1.165) is 16.5 Å².